The molecular formula is C21H18Cl2N6O2. The van der Waals surface area contributed by atoms with Gasteiger partial charge in [0.2, 0.25) is 5.95 Å². The number of benzene rings is 2. The summed E-state index contributed by atoms with van der Waals surface area (Å²) in [6.07, 6.45) is 1.55. The van der Waals surface area contributed by atoms with Crippen molar-refractivity contribution in [2.24, 2.45) is 19.2 Å². The van der Waals surface area contributed by atoms with E-state index in [0.717, 1.165) is 10.1 Å². The van der Waals surface area contributed by atoms with E-state index in [1.807, 2.05) is 36.4 Å². The molecule has 0 aliphatic heterocycles. The monoisotopic (exact) mass is 456 g/mol. The summed E-state index contributed by atoms with van der Waals surface area (Å²) in [5.41, 5.74) is 3.96. The topological polar surface area (TPSA) is 86.2 Å². The number of hydrogen-bond donors (Lipinski definition) is 1. The van der Waals surface area contributed by atoms with Crippen molar-refractivity contribution in [1.29, 1.82) is 0 Å². The molecule has 1 N–H and O–H groups in total. The largest absolute Gasteiger partial charge is 0.332 e. The lowest BCUT2D eigenvalue weighted by molar-refractivity contribution is 0.702. The van der Waals surface area contributed by atoms with Crippen LogP contribution in [-0.4, -0.2) is 24.9 Å². The Morgan fingerprint density at radius 2 is 1.68 bits per heavy atom. The third-order valence-corrected chi connectivity index (χ3v) is 5.62. The third kappa shape index (κ3) is 3.87. The number of nitrogens with zero attached hydrogens (tertiary/aromatic N) is 5. The molecule has 10 heteroatoms. The maximum absolute atomic E-state index is 12.9. The minimum Gasteiger partial charge on any atom is -0.298 e. The number of anilines is 1. The zero-order valence-corrected chi connectivity index (χ0v) is 18.2. The second-order valence-corrected chi connectivity index (χ2v) is 7.70. The van der Waals surface area contributed by atoms with Gasteiger partial charge in [0.1, 0.15) is 0 Å². The highest BCUT2D eigenvalue weighted by molar-refractivity contribution is 6.33. The highest BCUT2D eigenvalue weighted by Crippen LogP contribution is 2.22. The molecule has 0 aliphatic carbocycles. The summed E-state index contributed by atoms with van der Waals surface area (Å²) in [6.45, 7) is 0.258. The van der Waals surface area contributed by atoms with Crippen molar-refractivity contribution < 1.29 is 0 Å². The van der Waals surface area contributed by atoms with Gasteiger partial charge in [-0.3, -0.25) is 18.5 Å². The first-order valence-corrected chi connectivity index (χ1v) is 10.1. The molecule has 0 atom stereocenters. The second kappa shape index (κ2) is 8.41. The number of hydrazone groups is 1. The van der Waals surface area contributed by atoms with Gasteiger partial charge < -0.3 is 0 Å². The quantitative estimate of drug-likeness (QED) is 0.368. The maximum atomic E-state index is 12.9. The number of halogens is 2. The minimum absolute atomic E-state index is 0.246. The third-order valence-electron chi connectivity index (χ3n) is 4.91. The number of fused-ring (bicyclic) bond motifs is 1. The van der Waals surface area contributed by atoms with Crippen molar-refractivity contribution in [3.8, 4) is 0 Å². The summed E-state index contributed by atoms with van der Waals surface area (Å²) in [7, 11) is 2.99. The van der Waals surface area contributed by atoms with Gasteiger partial charge in [-0.05, 0) is 17.7 Å². The molecule has 158 valence electrons. The summed E-state index contributed by atoms with van der Waals surface area (Å²) in [4.78, 5) is 29.8. The van der Waals surface area contributed by atoms with Crippen LogP contribution in [0.25, 0.3) is 11.2 Å². The van der Waals surface area contributed by atoms with Crippen LogP contribution in [0.15, 0.2) is 63.2 Å². The van der Waals surface area contributed by atoms with Gasteiger partial charge in [0.05, 0.1) is 12.8 Å². The number of aryl methyl sites for hydroxylation is 1. The summed E-state index contributed by atoms with van der Waals surface area (Å²) in [6, 6.07) is 14.6. The molecule has 0 aliphatic rings. The standard InChI is InChI=1S/C21H18Cl2N6O2/c1-27-18-17(19(30)28(2)21(27)31)29(12-14-8-4-6-10-16(14)23)20(25-18)26-24-11-13-7-3-5-9-15(13)22/h3-11H,12H2,1-2H3,(H,25,26)/b24-11-. The Kier molecular flexibility index (Phi) is 5.67. The first-order valence-electron chi connectivity index (χ1n) is 9.31. The molecule has 2 aromatic carbocycles. The maximum Gasteiger partial charge on any atom is 0.332 e. The Balaban J connectivity index is 1.85. The van der Waals surface area contributed by atoms with E-state index in [1.165, 1.54) is 11.6 Å². The van der Waals surface area contributed by atoms with Gasteiger partial charge in [0.25, 0.3) is 5.56 Å². The highest BCUT2D eigenvalue weighted by Gasteiger charge is 2.19. The predicted octanol–water partition coefficient (Wildman–Crippen LogP) is 3.23. The van der Waals surface area contributed by atoms with Crippen LogP contribution in [0.3, 0.4) is 0 Å². The smallest absolute Gasteiger partial charge is 0.298 e. The van der Waals surface area contributed by atoms with Crippen LogP contribution in [0, 0.1) is 0 Å². The normalized spacial score (nSPS) is 11.5. The van der Waals surface area contributed by atoms with Crippen LogP contribution in [0.5, 0.6) is 0 Å². The summed E-state index contributed by atoms with van der Waals surface area (Å²) in [5, 5.41) is 5.33. The van der Waals surface area contributed by atoms with E-state index >= 15 is 0 Å². The van der Waals surface area contributed by atoms with Gasteiger partial charge in [0, 0.05) is 29.7 Å². The molecule has 0 bridgehead atoms. The van der Waals surface area contributed by atoms with Gasteiger partial charge in [-0.15, -0.1) is 0 Å². The van der Waals surface area contributed by atoms with Gasteiger partial charge in [-0.2, -0.15) is 10.1 Å². The molecule has 2 aromatic heterocycles. The Labute approximate surface area is 187 Å². The molecule has 0 fully saturated rings. The fourth-order valence-electron chi connectivity index (χ4n) is 3.22. The van der Waals surface area contributed by atoms with Crippen molar-refractivity contribution >= 4 is 46.5 Å². The zero-order chi connectivity index (χ0) is 22.1. The van der Waals surface area contributed by atoms with Crippen molar-refractivity contribution in [1.82, 2.24) is 18.7 Å². The molecular weight excluding hydrogens is 439 g/mol. The molecule has 0 radical (unpaired) electrons. The van der Waals surface area contributed by atoms with E-state index in [-0.39, 0.29) is 23.7 Å². The Hall–Kier alpha value is -3.36. The summed E-state index contributed by atoms with van der Waals surface area (Å²) < 4.78 is 4.02. The number of hydrogen-bond acceptors (Lipinski definition) is 5. The lowest BCUT2D eigenvalue weighted by atomic mass is 10.2. The average molecular weight is 457 g/mol. The molecule has 0 amide bonds. The fourth-order valence-corrected chi connectivity index (χ4v) is 3.60. The first kappa shape index (κ1) is 20.9. The lowest BCUT2D eigenvalue weighted by Gasteiger charge is -2.10. The van der Waals surface area contributed by atoms with E-state index in [2.05, 4.69) is 15.5 Å². The van der Waals surface area contributed by atoms with Gasteiger partial charge in [0.15, 0.2) is 11.2 Å². The number of rotatable bonds is 5. The van der Waals surface area contributed by atoms with Crippen molar-refractivity contribution in [2.45, 2.75) is 6.54 Å². The average Bonchev–Trinajstić information content (AvgIpc) is 3.12. The summed E-state index contributed by atoms with van der Waals surface area (Å²) >= 11 is 12.5. The molecule has 8 nitrogen and oxygen atoms in total. The first-order chi connectivity index (χ1) is 14.9. The van der Waals surface area contributed by atoms with Crippen LogP contribution in [-0.2, 0) is 20.6 Å². The van der Waals surface area contributed by atoms with Crippen molar-refractivity contribution in [3.63, 3.8) is 0 Å². The van der Waals surface area contributed by atoms with Crippen LogP contribution >= 0.6 is 23.2 Å². The minimum atomic E-state index is -0.467. The number of nitrogens with one attached hydrogen (secondary N) is 1. The fraction of sp³-hybridized carbons (Fsp3) is 0.143. The Morgan fingerprint density at radius 3 is 2.39 bits per heavy atom. The van der Waals surface area contributed by atoms with E-state index in [9.17, 15) is 9.59 Å². The van der Waals surface area contributed by atoms with E-state index < -0.39 is 11.2 Å². The number of aromatic nitrogens is 4. The Morgan fingerprint density at radius 1 is 1.00 bits per heavy atom. The van der Waals surface area contributed by atoms with Crippen molar-refractivity contribution in [3.05, 3.63) is 90.5 Å². The van der Waals surface area contributed by atoms with E-state index in [1.54, 1.807) is 30.0 Å². The van der Waals surface area contributed by atoms with Crippen LogP contribution in [0.2, 0.25) is 10.0 Å². The molecule has 0 saturated heterocycles. The van der Waals surface area contributed by atoms with Crippen LogP contribution < -0.4 is 16.7 Å². The van der Waals surface area contributed by atoms with Crippen LogP contribution in [0.4, 0.5) is 5.95 Å². The Bertz CT molecular complexity index is 1430. The molecule has 0 saturated carbocycles. The molecule has 0 unspecified atom stereocenters. The predicted molar refractivity (Wildman–Crippen MR) is 123 cm³/mol. The zero-order valence-electron chi connectivity index (χ0n) is 16.7. The molecule has 2 heterocycles. The molecule has 0 spiro atoms. The van der Waals surface area contributed by atoms with Gasteiger partial charge in [-0.1, -0.05) is 59.6 Å². The molecule has 31 heavy (non-hydrogen) atoms. The van der Waals surface area contributed by atoms with Gasteiger partial charge in [-0.25, -0.2) is 10.2 Å². The van der Waals surface area contributed by atoms with Crippen LogP contribution in [0.1, 0.15) is 11.1 Å². The molecule has 4 aromatic rings. The van der Waals surface area contributed by atoms with E-state index in [0.29, 0.717) is 15.6 Å². The number of imidazole rings is 1. The second-order valence-electron chi connectivity index (χ2n) is 6.88. The highest BCUT2D eigenvalue weighted by atomic mass is 35.5. The lowest BCUT2D eigenvalue weighted by Crippen LogP contribution is -2.37. The van der Waals surface area contributed by atoms with Crippen molar-refractivity contribution in [2.75, 3.05) is 5.43 Å². The van der Waals surface area contributed by atoms with Gasteiger partial charge >= 0.3 is 5.69 Å². The molecule has 4 rings (SSSR count). The SMILES string of the molecule is Cn1c(=O)c2c(nc(N/N=C\c3ccccc3Cl)n2Cc2ccccc2Cl)n(C)c1=O. The van der Waals surface area contributed by atoms with E-state index in [4.69, 9.17) is 23.2 Å². The summed E-state index contributed by atoms with van der Waals surface area (Å²) in [5.74, 6) is 0.288.